The first kappa shape index (κ1) is 27.1. The molecule has 10 heteroatoms. The number of amides is 1. The van der Waals surface area contributed by atoms with E-state index in [1.54, 1.807) is 23.1 Å². The molecule has 1 saturated carbocycles. The fourth-order valence-corrected chi connectivity index (χ4v) is 7.63. The first-order valence-corrected chi connectivity index (χ1v) is 15.6. The van der Waals surface area contributed by atoms with Crippen molar-refractivity contribution in [2.45, 2.75) is 51.6 Å². The fraction of sp³-hybridized carbons (Fsp3) is 0.406. The topological polar surface area (TPSA) is 111 Å². The van der Waals surface area contributed by atoms with Gasteiger partial charge in [-0.05, 0) is 68.2 Å². The zero-order valence-corrected chi connectivity index (χ0v) is 24.9. The van der Waals surface area contributed by atoms with Crippen molar-refractivity contribution in [3.8, 4) is 27.4 Å². The number of carbonyl (C=O) groups is 1. The van der Waals surface area contributed by atoms with Crippen LogP contribution in [0.25, 0.3) is 37.3 Å². The fourth-order valence-electron chi connectivity index (χ4n) is 6.33. The number of nitrogens with zero attached hydrogens (tertiary/aromatic N) is 5. The zero-order chi connectivity index (χ0) is 29.0. The molecule has 2 fully saturated rings. The molecule has 1 amide bonds. The maximum atomic E-state index is 13.5. The van der Waals surface area contributed by atoms with Gasteiger partial charge in [0.2, 0.25) is 0 Å². The van der Waals surface area contributed by atoms with Crippen LogP contribution in [0.15, 0.2) is 42.9 Å². The van der Waals surface area contributed by atoms with Crippen LogP contribution >= 0.6 is 11.3 Å². The molecule has 2 aliphatic rings. The van der Waals surface area contributed by atoms with Crippen molar-refractivity contribution in [1.29, 1.82) is 0 Å². The summed E-state index contributed by atoms with van der Waals surface area (Å²) in [7, 11) is 1.65. The standard InChI is InChI=1S/C32H36N6O3S/c1-19-29(35-38-17-21(14-26(41-2)30(19)38)32(40)36-10-4-5-23(33)18-36)31-25(13-20-8-9-20)28-24(6-3-7-27(28)42-31)22-15-34-37(16-22)11-12-39/h3,6-7,14-17,20,23,39H,4-5,8-13,18,33H2,1-2H3/t23-/m1/s1. The van der Waals surface area contributed by atoms with Crippen LogP contribution in [0.5, 0.6) is 5.75 Å². The van der Waals surface area contributed by atoms with Crippen LogP contribution in [0.2, 0.25) is 0 Å². The number of piperidine rings is 1. The molecular weight excluding hydrogens is 548 g/mol. The van der Waals surface area contributed by atoms with Crippen LogP contribution in [0.4, 0.5) is 0 Å². The molecule has 0 spiro atoms. The smallest absolute Gasteiger partial charge is 0.255 e. The Kier molecular flexibility index (Phi) is 7.00. The molecule has 0 unspecified atom stereocenters. The summed E-state index contributed by atoms with van der Waals surface area (Å²) in [6.45, 7) is 3.89. The summed E-state index contributed by atoms with van der Waals surface area (Å²) >= 11 is 1.78. The quantitative estimate of drug-likeness (QED) is 0.268. The van der Waals surface area contributed by atoms with Crippen molar-refractivity contribution in [3.63, 3.8) is 0 Å². The molecule has 3 N–H and O–H groups in total. The number of likely N-dealkylation sites (tertiary alicyclic amines) is 1. The number of benzene rings is 1. The summed E-state index contributed by atoms with van der Waals surface area (Å²) in [6, 6.07) is 8.31. The molecule has 1 aromatic carbocycles. The molecule has 1 aliphatic heterocycles. The number of ether oxygens (including phenoxy) is 1. The molecule has 4 aromatic heterocycles. The third kappa shape index (κ3) is 4.77. The van der Waals surface area contributed by atoms with E-state index < -0.39 is 0 Å². The van der Waals surface area contributed by atoms with Gasteiger partial charge in [0.05, 0.1) is 36.9 Å². The van der Waals surface area contributed by atoms with Gasteiger partial charge in [-0.2, -0.15) is 10.2 Å². The number of thiophene rings is 1. The second kappa shape index (κ2) is 10.8. The van der Waals surface area contributed by atoms with Gasteiger partial charge in [-0.15, -0.1) is 11.3 Å². The van der Waals surface area contributed by atoms with Crippen molar-refractivity contribution in [3.05, 3.63) is 59.5 Å². The van der Waals surface area contributed by atoms with E-state index in [1.165, 1.54) is 33.4 Å². The van der Waals surface area contributed by atoms with E-state index in [4.69, 9.17) is 15.6 Å². The molecule has 0 radical (unpaired) electrons. The number of aromatic nitrogens is 4. The van der Waals surface area contributed by atoms with Crippen LogP contribution in [-0.2, 0) is 13.0 Å². The summed E-state index contributed by atoms with van der Waals surface area (Å²) in [6.07, 6.45) is 11.1. The summed E-state index contributed by atoms with van der Waals surface area (Å²) in [5.41, 5.74) is 13.1. The lowest BCUT2D eigenvalue weighted by Gasteiger charge is -2.30. The second-order valence-electron chi connectivity index (χ2n) is 11.7. The lowest BCUT2D eigenvalue weighted by molar-refractivity contribution is 0.0707. The Balaban J connectivity index is 1.37. The minimum atomic E-state index is -0.0391. The van der Waals surface area contributed by atoms with E-state index in [1.807, 2.05) is 34.1 Å². The van der Waals surface area contributed by atoms with Crippen molar-refractivity contribution >= 4 is 32.8 Å². The van der Waals surface area contributed by atoms with Crippen LogP contribution in [0.1, 0.15) is 47.2 Å². The minimum Gasteiger partial charge on any atom is -0.494 e. The van der Waals surface area contributed by atoms with Crippen LogP contribution in [-0.4, -0.2) is 68.2 Å². The minimum absolute atomic E-state index is 0.0126. The predicted molar refractivity (Wildman–Crippen MR) is 165 cm³/mol. The summed E-state index contributed by atoms with van der Waals surface area (Å²) in [5.74, 6) is 1.28. The van der Waals surface area contributed by atoms with Gasteiger partial charge in [-0.3, -0.25) is 9.48 Å². The maximum absolute atomic E-state index is 13.5. The Morgan fingerprint density at radius 2 is 2.10 bits per heavy atom. The van der Waals surface area contributed by atoms with Gasteiger partial charge in [0.15, 0.2) is 0 Å². The highest BCUT2D eigenvalue weighted by molar-refractivity contribution is 7.22. The van der Waals surface area contributed by atoms with E-state index in [0.29, 0.717) is 36.9 Å². The largest absolute Gasteiger partial charge is 0.494 e. The van der Waals surface area contributed by atoms with Crippen molar-refractivity contribution in [2.75, 3.05) is 26.8 Å². The van der Waals surface area contributed by atoms with E-state index >= 15 is 0 Å². The molecule has 5 aromatic rings. The summed E-state index contributed by atoms with van der Waals surface area (Å²) < 4.78 is 10.7. The number of methoxy groups -OCH3 is 1. The van der Waals surface area contributed by atoms with Gasteiger partial charge in [0, 0.05) is 52.7 Å². The molecule has 5 heterocycles. The number of aliphatic hydroxyl groups is 1. The normalized spacial score (nSPS) is 17.4. The molecule has 7 rings (SSSR count). The van der Waals surface area contributed by atoms with Gasteiger partial charge < -0.3 is 20.5 Å². The highest BCUT2D eigenvalue weighted by atomic mass is 32.1. The first-order chi connectivity index (χ1) is 20.4. The number of aliphatic hydroxyl groups excluding tert-OH is 1. The Morgan fingerprint density at radius 1 is 1.24 bits per heavy atom. The van der Waals surface area contributed by atoms with Gasteiger partial charge >= 0.3 is 0 Å². The first-order valence-electron chi connectivity index (χ1n) is 14.8. The zero-order valence-electron chi connectivity index (χ0n) is 24.0. The number of aryl methyl sites for hydroxylation is 1. The molecule has 1 aliphatic carbocycles. The van der Waals surface area contributed by atoms with Crippen molar-refractivity contribution in [1.82, 2.24) is 24.3 Å². The average molecular weight is 585 g/mol. The van der Waals surface area contributed by atoms with Crippen molar-refractivity contribution < 1.29 is 14.6 Å². The highest BCUT2D eigenvalue weighted by Gasteiger charge is 2.30. The van der Waals surface area contributed by atoms with E-state index in [9.17, 15) is 9.90 Å². The van der Waals surface area contributed by atoms with Crippen LogP contribution in [0, 0.1) is 12.8 Å². The molecule has 1 saturated heterocycles. The number of rotatable bonds is 8. The number of fused-ring (bicyclic) bond motifs is 2. The highest BCUT2D eigenvalue weighted by Crippen LogP contribution is 2.47. The molecule has 0 bridgehead atoms. The van der Waals surface area contributed by atoms with Gasteiger partial charge in [0.1, 0.15) is 17.0 Å². The Morgan fingerprint density at radius 3 is 2.86 bits per heavy atom. The monoisotopic (exact) mass is 584 g/mol. The average Bonchev–Trinajstić information content (AvgIpc) is 3.41. The molecular formula is C32H36N6O3S. The lowest BCUT2D eigenvalue weighted by atomic mass is 9.96. The number of hydrogen-bond acceptors (Lipinski definition) is 7. The molecule has 42 heavy (non-hydrogen) atoms. The maximum Gasteiger partial charge on any atom is 0.255 e. The lowest BCUT2D eigenvalue weighted by Crippen LogP contribution is -2.45. The van der Waals surface area contributed by atoms with E-state index in [2.05, 4.69) is 30.2 Å². The number of carbonyl (C=O) groups excluding carboxylic acids is 1. The number of nitrogens with two attached hydrogens (primary N) is 1. The molecule has 218 valence electrons. The Hall–Kier alpha value is -3.73. The van der Waals surface area contributed by atoms with Crippen LogP contribution < -0.4 is 10.5 Å². The van der Waals surface area contributed by atoms with Crippen LogP contribution in [0.3, 0.4) is 0 Å². The summed E-state index contributed by atoms with van der Waals surface area (Å²) in [5, 5.41) is 20.2. The van der Waals surface area contributed by atoms with Gasteiger partial charge in [-0.1, -0.05) is 12.1 Å². The van der Waals surface area contributed by atoms with Gasteiger partial charge in [0.25, 0.3) is 5.91 Å². The molecule has 1 atom stereocenters. The van der Waals surface area contributed by atoms with Crippen molar-refractivity contribution in [2.24, 2.45) is 11.7 Å². The Bertz CT molecular complexity index is 1800. The number of pyridine rings is 1. The SMILES string of the molecule is COc1cc(C(=O)N2CCC[C@@H](N)C2)cn2nc(-c3sc4cccc(-c5cnn(CCO)c5)c4c3CC3CC3)c(C)c12. The van der Waals surface area contributed by atoms with E-state index in [-0.39, 0.29) is 18.6 Å². The van der Waals surface area contributed by atoms with E-state index in [0.717, 1.165) is 47.2 Å². The predicted octanol–water partition coefficient (Wildman–Crippen LogP) is 4.90. The third-order valence-electron chi connectivity index (χ3n) is 8.63. The van der Waals surface area contributed by atoms with Gasteiger partial charge in [-0.25, -0.2) is 4.52 Å². The molecule has 9 nitrogen and oxygen atoms in total. The number of hydrogen-bond donors (Lipinski definition) is 2. The summed E-state index contributed by atoms with van der Waals surface area (Å²) in [4.78, 5) is 16.5. The third-order valence-corrected chi connectivity index (χ3v) is 9.84. The second-order valence-corrected chi connectivity index (χ2v) is 12.7. The Labute approximate surface area is 248 Å².